The van der Waals surface area contributed by atoms with Crippen molar-refractivity contribution in [3.8, 4) is 0 Å². The van der Waals surface area contributed by atoms with Crippen molar-refractivity contribution in [3.63, 3.8) is 0 Å². The Bertz CT molecular complexity index is 566. The molecule has 0 saturated heterocycles. The Morgan fingerprint density at radius 1 is 1.55 bits per heavy atom. The van der Waals surface area contributed by atoms with Crippen LogP contribution >= 0.6 is 23.1 Å². The first-order chi connectivity index (χ1) is 9.76. The number of hydrogen-bond acceptors (Lipinski definition) is 5. The van der Waals surface area contributed by atoms with Crippen LogP contribution in [0.4, 0.5) is 5.69 Å². The number of thioether (sulfide) groups is 1. The van der Waals surface area contributed by atoms with E-state index in [1.165, 1.54) is 9.77 Å². The second-order valence-electron chi connectivity index (χ2n) is 5.01. The molecule has 1 aliphatic rings. The lowest BCUT2D eigenvalue weighted by Crippen LogP contribution is -2.18. The summed E-state index contributed by atoms with van der Waals surface area (Å²) in [4.78, 5) is 0. The van der Waals surface area contributed by atoms with E-state index in [0.717, 1.165) is 18.7 Å². The molecule has 1 aliphatic heterocycles. The fraction of sp³-hybridized carbons (Fsp3) is 0.500. The van der Waals surface area contributed by atoms with E-state index in [4.69, 9.17) is 4.74 Å². The van der Waals surface area contributed by atoms with Gasteiger partial charge in [0.25, 0.3) is 0 Å². The summed E-state index contributed by atoms with van der Waals surface area (Å²) in [6, 6.07) is 2.64. The van der Waals surface area contributed by atoms with Crippen molar-refractivity contribution in [2.45, 2.75) is 35.4 Å². The van der Waals surface area contributed by atoms with E-state index < -0.39 is 0 Å². The molecule has 2 aromatic rings. The molecule has 0 radical (unpaired) electrons. The van der Waals surface area contributed by atoms with Gasteiger partial charge in [0.15, 0.2) is 0 Å². The molecular weight excluding hydrogens is 290 g/mol. The van der Waals surface area contributed by atoms with Gasteiger partial charge in [-0.25, -0.2) is 0 Å². The zero-order valence-electron chi connectivity index (χ0n) is 11.7. The summed E-state index contributed by atoms with van der Waals surface area (Å²) in [5.74, 6) is 0. The molecule has 4 nitrogen and oxygen atoms in total. The Balaban J connectivity index is 1.70. The predicted molar refractivity (Wildman–Crippen MR) is 84.7 cm³/mol. The summed E-state index contributed by atoms with van der Waals surface area (Å²) >= 11 is 3.84. The maximum atomic E-state index is 5.07. The van der Waals surface area contributed by atoms with E-state index >= 15 is 0 Å². The molecule has 0 fully saturated rings. The van der Waals surface area contributed by atoms with E-state index in [0.29, 0.717) is 17.9 Å². The SMILES string of the molecule is COCCn1cc(NC2C[C@H](C)Sc3sccc32)cn1. The van der Waals surface area contributed by atoms with Crippen molar-refractivity contribution in [2.75, 3.05) is 19.0 Å². The average Bonchev–Trinajstić information content (AvgIpc) is 3.05. The number of hydrogen-bond donors (Lipinski definition) is 1. The van der Waals surface area contributed by atoms with Crippen LogP contribution in [-0.4, -0.2) is 28.7 Å². The molecule has 2 atom stereocenters. The van der Waals surface area contributed by atoms with Crippen molar-refractivity contribution >= 4 is 28.8 Å². The number of rotatable bonds is 5. The van der Waals surface area contributed by atoms with Gasteiger partial charge in [-0.05, 0) is 23.4 Å². The van der Waals surface area contributed by atoms with Gasteiger partial charge in [0.2, 0.25) is 0 Å². The van der Waals surface area contributed by atoms with Gasteiger partial charge in [0.1, 0.15) is 0 Å². The van der Waals surface area contributed by atoms with Crippen LogP contribution in [0.5, 0.6) is 0 Å². The van der Waals surface area contributed by atoms with Gasteiger partial charge in [-0.15, -0.1) is 23.1 Å². The first-order valence-electron chi connectivity index (χ1n) is 6.78. The second-order valence-corrected chi connectivity index (χ2v) is 7.63. The summed E-state index contributed by atoms with van der Waals surface area (Å²) in [7, 11) is 1.71. The van der Waals surface area contributed by atoms with Crippen LogP contribution in [0, 0.1) is 0 Å². The van der Waals surface area contributed by atoms with Crippen molar-refractivity contribution < 1.29 is 4.74 Å². The molecule has 2 aromatic heterocycles. The number of thiophene rings is 1. The Kier molecular flexibility index (Phi) is 4.33. The number of anilines is 1. The lowest BCUT2D eigenvalue weighted by molar-refractivity contribution is 0.183. The maximum Gasteiger partial charge on any atom is 0.0731 e. The third-order valence-electron chi connectivity index (χ3n) is 3.41. The summed E-state index contributed by atoms with van der Waals surface area (Å²) in [6.45, 7) is 3.77. The van der Waals surface area contributed by atoms with Gasteiger partial charge in [-0.3, -0.25) is 4.68 Å². The molecule has 6 heteroatoms. The Labute approximate surface area is 127 Å². The van der Waals surface area contributed by atoms with Crippen LogP contribution in [0.3, 0.4) is 0 Å². The van der Waals surface area contributed by atoms with Gasteiger partial charge in [0.05, 0.1) is 35.3 Å². The number of methoxy groups -OCH3 is 1. The van der Waals surface area contributed by atoms with E-state index in [1.807, 2.05) is 34.0 Å². The number of nitrogens with zero attached hydrogens (tertiary/aromatic N) is 2. The topological polar surface area (TPSA) is 39.1 Å². The monoisotopic (exact) mass is 309 g/mol. The van der Waals surface area contributed by atoms with Crippen molar-refractivity contribution in [1.82, 2.24) is 9.78 Å². The zero-order valence-corrected chi connectivity index (χ0v) is 13.3. The van der Waals surface area contributed by atoms with E-state index in [1.54, 1.807) is 7.11 Å². The number of nitrogens with one attached hydrogen (secondary N) is 1. The summed E-state index contributed by atoms with van der Waals surface area (Å²) in [6.07, 6.45) is 5.10. The second kappa shape index (κ2) is 6.20. The maximum absolute atomic E-state index is 5.07. The van der Waals surface area contributed by atoms with Crippen LogP contribution in [-0.2, 0) is 11.3 Å². The number of fused-ring (bicyclic) bond motifs is 1. The average molecular weight is 309 g/mol. The highest BCUT2D eigenvalue weighted by atomic mass is 32.2. The fourth-order valence-electron chi connectivity index (χ4n) is 2.43. The van der Waals surface area contributed by atoms with Crippen LogP contribution in [0.1, 0.15) is 24.9 Å². The largest absolute Gasteiger partial charge is 0.383 e. The molecule has 20 heavy (non-hydrogen) atoms. The molecule has 3 heterocycles. The molecule has 0 amide bonds. The van der Waals surface area contributed by atoms with Crippen molar-refractivity contribution in [2.24, 2.45) is 0 Å². The Hall–Kier alpha value is -0.980. The molecule has 0 saturated carbocycles. The van der Waals surface area contributed by atoms with Gasteiger partial charge in [0, 0.05) is 18.6 Å². The third-order valence-corrected chi connectivity index (χ3v) is 5.75. The van der Waals surface area contributed by atoms with E-state index in [2.05, 4.69) is 35.0 Å². The standard InChI is InChI=1S/C14H19N3OS2/c1-10-7-13(12-3-6-19-14(12)20-10)16-11-8-15-17(9-11)4-5-18-2/h3,6,8-10,13,16H,4-5,7H2,1-2H3/t10-,13?/m0/s1. The molecule has 1 unspecified atom stereocenters. The van der Waals surface area contributed by atoms with Crippen molar-refractivity contribution in [1.29, 1.82) is 0 Å². The van der Waals surface area contributed by atoms with Gasteiger partial charge < -0.3 is 10.1 Å². The predicted octanol–water partition coefficient (Wildman–Crippen LogP) is 3.63. The number of ether oxygens (including phenoxy) is 1. The highest BCUT2D eigenvalue weighted by Crippen LogP contribution is 2.44. The van der Waals surface area contributed by atoms with Gasteiger partial charge in [-0.1, -0.05) is 6.92 Å². The van der Waals surface area contributed by atoms with Crippen LogP contribution < -0.4 is 5.32 Å². The highest BCUT2D eigenvalue weighted by molar-refractivity contribution is 8.01. The molecular formula is C14H19N3OS2. The van der Waals surface area contributed by atoms with Gasteiger partial charge >= 0.3 is 0 Å². The van der Waals surface area contributed by atoms with Gasteiger partial charge in [-0.2, -0.15) is 5.10 Å². The lowest BCUT2D eigenvalue weighted by atomic mass is 10.0. The summed E-state index contributed by atoms with van der Waals surface area (Å²) < 4.78 is 8.44. The molecule has 0 bridgehead atoms. The molecule has 0 spiro atoms. The minimum Gasteiger partial charge on any atom is -0.383 e. The first-order valence-corrected chi connectivity index (χ1v) is 8.54. The normalized spacial score (nSPS) is 21.7. The Morgan fingerprint density at radius 2 is 2.45 bits per heavy atom. The Morgan fingerprint density at radius 3 is 3.30 bits per heavy atom. The summed E-state index contributed by atoms with van der Waals surface area (Å²) in [5, 5.41) is 10.8. The van der Waals surface area contributed by atoms with Crippen LogP contribution in [0.15, 0.2) is 28.0 Å². The molecule has 1 N–H and O–H groups in total. The minimum atomic E-state index is 0.396. The molecule has 0 aliphatic carbocycles. The van der Waals surface area contributed by atoms with Crippen molar-refractivity contribution in [3.05, 3.63) is 29.4 Å². The fourth-order valence-corrected chi connectivity index (χ4v) is 5.00. The summed E-state index contributed by atoms with van der Waals surface area (Å²) in [5.41, 5.74) is 2.52. The third kappa shape index (κ3) is 3.02. The van der Waals surface area contributed by atoms with Crippen LogP contribution in [0.2, 0.25) is 0 Å². The smallest absolute Gasteiger partial charge is 0.0731 e. The highest BCUT2D eigenvalue weighted by Gasteiger charge is 2.26. The molecule has 0 aromatic carbocycles. The van der Waals surface area contributed by atoms with Crippen LogP contribution in [0.25, 0.3) is 0 Å². The molecule has 108 valence electrons. The van der Waals surface area contributed by atoms with E-state index in [-0.39, 0.29) is 0 Å². The quantitative estimate of drug-likeness (QED) is 0.915. The first kappa shape index (κ1) is 14.0. The lowest BCUT2D eigenvalue weighted by Gasteiger charge is -2.27. The number of aromatic nitrogens is 2. The zero-order chi connectivity index (χ0) is 13.9. The molecule has 3 rings (SSSR count). The van der Waals surface area contributed by atoms with E-state index in [9.17, 15) is 0 Å². The minimum absolute atomic E-state index is 0.396.